The topological polar surface area (TPSA) is 127 Å². The predicted molar refractivity (Wildman–Crippen MR) is 98.1 cm³/mol. The zero-order chi connectivity index (χ0) is 19.6. The molecule has 0 spiro atoms. The fraction of sp³-hybridized carbons (Fsp3) is 0.500. The third-order valence-corrected chi connectivity index (χ3v) is 4.52. The average Bonchev–Trinajstić information content (AvgIpc) is 2.89. The van der Waals surface area contributed by atoms with E-state index in [4.69, 9.17) is 10.8 Å². The summed E-state index contributed by atoms with van der Waals surface area (Å²) in [6, 6.07) is 3.58. The number of carboxylic acid groups (broad SMARTS) is 1. The molecule has 0 saturated carbocycles. The van der Waals surface area contributed by atoms with E-state index < -0.39 is 5.97 Å². The molecule has 9 heteroatoms. The summed E-state index contributed by atoms with van der Waals surface area (Å²) in [5.41, 5.74) is 8.44. The smallest absolute Gasteiger partial charge is 0.303 e. The summed E-state index contributed by atoms with van der Waals surface area (Å²) in [4.78, 5) is 33.8. The Bertz CT molecular complexity index is 861. The molecule has 1 aliphatic rings. The first-order chi connectivity index (χ1) is 12.8. The lowest BCUT2D eigenvalue weighted by Crippen LogP contribution is -2.31. The lowest BCUT2D eigenvalue weighted by molar-refractivity contribution is -0.136. The number of nitrogens with zero attached hydrogens (tertiary/aromatic N) is 5. The van der Waals surface area contributed by atoms with E-state index in [-0.39, 0.29) is 24.2 Å². The molecule has 0 aromatic carbocycles. The Labute approximate surface area is 157 Å². The van der Waals surface area contributed by atoms with E-state index in [0.717, 1.165) is 23.5 Å². The molecule has 3 rings (SSSR count). The fourth-order valence-electron chi connectivity index (χ4n) is 3.10. The number of carbonyl (C=O) groups is 2. The predicted octanol–water partition coefficient (Wildman–Crippen LogP) is 1.44. The minimum Gasteiger partial charge on any atom is -0.481 e. The fourth-order valence-corrected chi connectivity index (χ4v) is 3.10. The van der Waals surface area contributed by atoms with Gasteiger partial charge in [0, 0.05) is 25.2 Å². The van der Waals surface area contributed by atoms with Crippen molar-refractivity contribution in [3.63, 3.8) is 0 Å². The Balaban J connectivity index is 1.80. The second kappa shape index (κ2) is 7.73. The molecule has 3 N–H and O–H groups in total. The van der Waals surface area contributed by atoms with E-state index in [9.17, 15) is 9.59 Å². The highest BCUT2D eigenvalue weighted by Gasteiger charge is 2.24. The van der Waals surface area contributed by atoms with Crippen LogP contribution in [-0.2, 0) is 24.3 Å². The third kappa shape index (κ3) is 4.42. The highest BCUT2D eigenvalue weighted by molar-refractivity contribution is 5.92. The second-order valence-electron chi connectivity index (χ2n) is 7.02. The summed E-state index contributed by atoms with van der Waals surface area (Å²) in [5, 5.41) is 13.3. The van der Waals surface area contributed by atoms with Crippen molar-refractivity contribution in [3.8, 4) is 0 Å². The maximum Gasteiger partial charge on any atom is 0.303 e. The van der Waals surface area contributed by atoms with Crippen LogP contribution in [0.3, 0.4) is 0 Å². The maximum absolute atomic E-state index is 13.0. The summed E-state index contributed by atoms with van der Waals surface area (Å²) >= 11 is 0. The summed E-state index contributed by atoms with van der Waals surface area (Å²) in [6.45, 7) is 5.65. The third-order valence-electron chi connectivity index (χ3n) is 4.52. The molecular formula is C18H24N6O3. The van der Waals surface area contributed by atoms with Crippen molar-refractivity contribution in [2.24, 2.45) is 0 Å². The second-order valence-corrected chi connectivity index (χ2v) is 7.02. The van der Waals surface area contributed by atoms with E-state index >= 15 is 0 Å². The monoisotopic (exact) mass is 372 g/mol. The van der Waals surface area contributed by atoms with Crippen molar-refractivity contribution in [2.75, 3.05) is 12.3 Å². The van der Waals surface area contributed by atoms with E-state index in [1.807, 2.05) is 24.6 Å². The van der Waals surface area contributed by atoms with Crippen LogP contribution >= 0.6 is 0 Å². The lowest BCUT2D eigenvalue weighted by Gasteiger charge is -2.20. The molecule has 0 aliphatic carbocycles. The molecule has 2 aromatic heterocycles. The van der Waals surface area contributed by atoms with Crippen LogP contribution in [0.2, 0.25) is 0 Å². The van der Waals surface area contributed by atoms with Crippen LogP contribution in [0.1, 0.15) is 60.2 Å². The van der Waals surface area contributed by atoms with Crippen LogP contribution in [0.15, 0.2) is 12.1 Å². The van der Waals surface area contributed by atoms with Crippen LogP contribution in [0.4, 0.5) is 5.95 Å². The van der Waals surface area contributed by atoms with E-state index in [2.05, 4.69) is 15.1 Å². The number of carbonyl (C=O) groups excluding carboxylic acids is 1. The lowest BCUT2D eigenvalue weighted by atomic mass is 10.1. The van der Waals surface area contributed by atoms with Gasteiger partial charge in [0.1, 0.15) is 5.69 Å². The van der Waals surface area contributed by atoms with Crippen LogP contribution in [0.5, 0.6) is 0 Å². The van der Waals surface area contributed by atoms with Gasteiger partial charge in [-0.2, -0.15) is 5.10 Å². The first kappa shape index (κ1) is 18.8. The molecule has 0 atom stereocenters. The van der Waals surface area contributed by atoms with Crippen LogP contribution < -0.4 is 5.73 Å². The quantitative estimate of drug-likeness (QED) is 0.813. The number of rotatable bonds is 5. The van der Waals surface area contributed by atoms with Gasteiger partial charge in [-0.1, -0.05) is 13.8 Å². The molecule has 3 heterocycles. The summed E-state index contributed by atoms with van der Waals surface area (Å²) in [6.07, 6.45) is 1.18. The van der Waals surface area contributed by atoms with Crippen molar-refractivity contribution >= 4 is 17.8 Å². The summed E-state index contributed by atoms with van der Waals surface area (Å²) in [7, 11) is 0. The molecule has 0 bridgehead atoms. The van der Waals surface area contributed by atoms with Gasteiger partial charge < -0.3 is 15.7 Å². The van der Waals surface area contributed by atoms with Gasteiger partial charge in [-0.3, -0.25) is 14.3 Å². The molecule has 0 unspecified atom stereocenters. The Morgan fingerprint density at radius 3 is 2.74 bits per heavy atom. The van der Waals surface area contributed by atoms with E-state index in [1.54, 1.807) is 11.0 Å². The molecule has 1 aliphatic heterocycles. The first-order valence-corrected chi connectivity index (χ1v) is 9.04. The van der Waals surface area contributed by atoms with Crippen molar-refractivity contribution < 1.29 is 14.7 Å². The Kier molecular flexibility index (Phi) is 5.38. The summed E-state index contributed by atoms with van der Waals surface area (Å²) < 4.78 is 1.86. The number of aromatic nitrogens is 4. The van der Waals surface area contributed by atoms with Crippen molar-refractivity contribution in [1.29, 1.82) is 0 Å². The number of fused-ring (bicyclic) bond motifs is 1. The van der Waals surface area contributed by atoms with Gasteiger partial charge in [-0.25, -0.2) is 9.97 Å². The average molecular weight is 372 g/mol. The van der Waals surface area contributed by atoms with Gasteiger partial charge in [-0.15, -0.1) is 0 Å². The first-order valence-electron chi connectivity index (χ1n) is 9.04. The zero-order valence-corrected chi connectivity index (χ0v) is 15.6. The van der Waals surface area contributed by atoms with Crippen molar-refractivity contribution in [3.05, 3.63) is 34.9 Å². The molecule has 0 fully saturated rings. The molecular weight excluding hydrogens is 348 g/mol. The van der Waals surface area contributed by atoms with Crippen LogP contribution in [0, 0.1) is 0 Å². The Morgan fingerprint density at radius 1 is 1.26 bits per heavy atom. The number of anilines is 1. The zero-order valence-electron chi connectivity index (χ0n) is 15.6. The Hall–Kier alpha value is -2.97. The molecule has 0 saturated heterocycles. The SMILES string of the molecule is CC(C)c1cc(C(=O)N2CCCn3nc(CCC(=O)O)cc3C2)nc(N)n1. The maximum atomic E-state index is 13.0. The van der Waals surface area contributed by atoms with E-state index in [0.29, 0.717) is 31.7 Å². The molecule has 2 aromatic rings. The van der Waals surface area contributed by atoms with Gasteiger partial charge in [0.2, 0.25) is 5.95 Å². The van der Waals surface area contributed by atoms with Gasteiger partial charge in [0.15, 0.2) is 0 Å². The number of nitrogen functional groups attached to an aromatic ring is 1. The molecule has 0 radical (unpaired) electrons. The highest BCUT2D eigenvalue weighted by atomic mass is 16.4. The molecule has 9 nitrogen and oxygen atoms in total. The van der Waals surface area contributed by atoms with Gasteiger partial charge in [-0.05, 0) is 24.5 Å². The Morgan fingerprint density at radius 2 is 2.04 bits per heavy atom. The number of carboxylic acids is 1. The standard InChI is InChI=1S/C18H24N6O3/c1-11(2)14-9-15(21-18(19)20-14)17(27)23-6-3-7-24-13(10-23)8-12(22-24)4-5-16(25)26/h8-9,11H,3-7,10H2,1-2H3,(H,25,26)(H2,19,20,21). The number of hydrogen-bond acceptors (Lipinski definition) is 6. The summed E-state index contributed by atoms with van der Waals surface area (Å²) in [5.74, 6) is -0.797. The van der Waals surface area contributed by atoms with Crippen molar-refractivity contribution in [2.45, 2.75) is 52.1 Å². The number of amides is 1. The largest absolute Gasteiger partial charge is 0.481 e. The van der Waals surface area contributed by atoms with Crippen molar-refractivity contribution in [1.82, 2.24) is 24.6 Å². The minimum absolute atomic E-state index is 0.0390. The normalized spacial score (nSPS) is 14.1. The van der Waals surface area contributed by atoms with Crippen LogP contribution in [0.25, 0.3) is 0 Å². The van der Waals surface area contributed by atoms with E-state index in [1.165, 1.54) is 0 Å². The molecule has 27 heavy (non-hydrogen) atoms. The molecule has 1 amide bonds. The number of hydrogen-bond donors (Lipinski definition) is 2. The van der Waals surface area contributed by atoms with Gasteiger partial charge >= 0.3 is 5.97 Å². The highest BCUT2D eigenvalue weighted by Crippen LogP contribution is 2.19. The number of aryl methyl sites for hydroxylation is 2. The molecule has 144 valence electrons. The number of nitrogens with two attached hydrogens (primary N) is 1. The van der Waals surface area contributed by atoms with Gasteiger partial charge in [0.05, 0.1) is 24.4 Å². The van der Waals surface area contributed by atoms with Gasteiger partial charge in [0.25, 0.3) is 5.91 Å². The minimum atomic E-state index is -0.850. The number of aliphatic carboxylic acids is 1. The van der Waals surface area contributed by atoms with Crippen LogP contribution in [-0.4, -0.2) is 48.2 Å².